The van der Waals surface area contributed by atoms with Gasteiger partial charge in [0, 0.05) is 49.0 Å². The number of carbonyl (C=O) groups is 1. The topological polar surface area (TPSA) is 77.7 Å². The Balaban J connectivity index is 1.59. The molecular formula is C22H22N4O3. The molecule has 7 nitrogen and oxygen atoms in total. The van der Waals surface area contributed by atoms with E-state index in [0.29, 0.717) is 24.4 Å². The Hall–Kier alpha value is -3.45. The minimum atomic E-state index is -0.192. The first-order chi connectivity index (χ1) is 14.1. The maximum Gasteiger partial charge on any atom is 0.256 e. The summed E-state index contributed by atoms with van der Waals surface area (Å²) < 4.78 is 12.4. The molecule has 0 saturated heterocycles. The number of nitrogens with zero attached hydrogens (tertiary/aromatic N) is 3. The lowest BCUT2D eigenvalue weighted by molar-refractivity contribution is 0.0976. The number of amidine groups is 1. The van der Waals surface area contributed by atoms with Gasteiger partial charge in [0.2, 0.25) is 0 Å². The molecule has 0 radical (unpaired) electrons. The number of fused-ring (bicyclic) bond motifs is 1. The number of amides is 1. The van der Waals surface area contributed by atoms with Crippen molar-refractivity contribution in [1.82, 2.24) is 15.1 Å². The van der Waals surface area contributed by atoms with Crippen LogP contribution in [0.25, 0.3) is 11.1 Å². The van der Waals surface area contributed by atoms with Gasteiger partial charge in [0.05, 0.1) is 25.6 Å². The van der Waals surface area contributed by atoms with E-state index in [1.165, 1.54) is 0 Å². The fraction of sp³-hybridized carbons (Fsp3) is 0.227. The molecule has 0 atom stereocenters. The Morgan fingerprint density at radius 1 is 1.17 bits per heavy atom. The fourth-order valence-electron chi connectivity index (χ4n) is 3.44. The standard InChI is InChI=1S/C22H22N4O3/c1-26-12-16(11-23-26)17-8-9-19(29-3)18-10-20(24-21(17)18)25-22(27)15-6-4-14(5-7-15)13-28-2/h4-9,11-12H,10,13H2,1-3H3,(H,24,25,27). The molecule has 148 valence electrons. The minimum Gasteiger partial charge on any atom is -0.496 e. The molecule has 2 aromatic carbocycles. The highest BCUT2D eigenvalue weighted by Gasteiger charge is 2.24. The molecule has 0 aliphatic carbocycles. The minimum absolute atomic E-state index is 0.192. The van der Waals surface area contributed by atoms with E-state index in [9.17, 15) is 4.79 Å². The second-order valence-electron chi connectivity index (χ2n) is 6.86. The number of aliphatic imine (C=N–C) groups is 1. The second kappa shape index (κ2) is 7.89. The van der Waals surface area contributed by atoms with Crippen molar-refractivity contribution in [2.24, 2.45) is 12.0 Å². The first-order valence-electron chi connectivity index (χ1n) is 9.24. The number of benzene rings is 2. The lowest BCUT2D eigenvalue weighted by Crippen LogP contribution is -2.30. The Kier molecular flexibility index (Phi) is 5.14. The summed E-state index contributed by atoms with van der Waals surface area (Å²) in [4.78, 5) is 17.4. The Labute approximate surface area is 169 Å². The van der Waals surface area contributed by atoms with Gasteiger partial charge in [-0.15, -0.1) is 0 Å². The van der Waals surface area contributed by atoms with Gasteiger partial charge in [-0.05, 0) is 29.8 Å². The summed E-state index contributed by atoms with van der Waals surface area (Å²) in [6.07, 6.45) is 4.24. The molecule has 0 bridgehead atoms. The van der Waals surface area contributed by atoms with E-state index >= 15 is 0 Å². The molecule has 1 amide bonds. The van der Waals surface area contributed by atoms with E-state index in [2.05, 4.69) is 10.4 Å². The van der Waals surface area contributed by atoms with Crippen molar-refractivity contribution in [2.45, 2.75) is 13.0 Å². The average Bonchev–Trinajstić information content (AvgIpc) is 3.34. The number of aryl methyl sites for hydroxylation is 1. The van der Waals surface area contributed by atoms with Crippen LogP contribution >= 0.6 is 0 Å². The molecule has 1 aliphatic rings. The van der Waals surface area contributed by atoms with Gasteiger partial charge in [-0.3, -0.25) is 9.48 Å². The third kappa shape index (κ3) is 3.77. The Bertz CT molecular complexity index is 1080. The smallest absolute Gasteiger partial charge is 0.256 e. The molecule has 2 heterocycles. The molecule has 1 N–H and O–H groups in total. The van der Waals surface area contributed by atoms with Gasteiger partial charge in [0.25, 0.3) is 5.91 Å². The summed E-state index contributed by atoms with van der Waals surface area (Å²) in [5.74, 6) is 1.16. The van der Waals surface area contributed by atoms with Crippen molar-refractivity contribution < 1.29 is 14.3 Å². The largest absolute Gasteiger partial charge is 0.496 e. The molecule has 29 heavy (non-hydrogen) atoms. The summed E-state index contributed by atoms with van der Waals surface area (Å²) in [6.45, 7) is 0.515. The monoisotopic (exact) mass is 390 g/mol. The van der Waals surface area contributed by atoms with Crippen molar-refractivity contribution in [1.29, 1.82) is 0 Å². The number of rotatable bonds is 5. The van der Waals surface area contributed by atoms with Gasteiger partial charge in [0.1, 0.15) is 11.6 Å². The zero-order valence-corrected chi connectivity index (χ0v) is 16.6. The fourth-order valence-corrected chi connectivity index (χ4v) is 3.44. The summed E-state index contributed by atoms with van der Waals surface area (Å²) in [5.41, 5.74) is 5.28. The maximum absolute atomic E-state index is 12.7. The molecule has 4 rings (SSSR count). The zero-order valence-electron chi connectivity index (χ0n) is 16.6. The van der Waals surface area contributed by atoms with Crippen LogP contribution < -0.4 is 10.1 Å². The predicted molar refractivity (Wildman–Crippen MR) is 111 cm³/mol. The normalized spacial score (nSPS) is 12.4. The number of hydrogen-bond donors (Lipinski definition) is 1. The van der Waals surface area contributed by atoms with Gasteiger partial charge >= 0.3 is 0 Å². The molecule has 0 unspecified atom stereocenters. The van der Waals surface area contributed by atoms with E-state index in [1.807, 2.05) is 37.5 Å². The van der Waals surface area contributed by atoms with E-state index < -0.39 is 0 Å². The van der Waals surface area contributed by atoms with Crippen molar-refractivity contribution in [3.63, 3.8) is 0 Å². The van der Waals surface area contributed by atoms with Crippen molar-refractivity contribution in [2.75, 3.05) is 14.2 Å². The van der Waals surface area contributed by atoms with Crippen LogP contribution in [0.15, 0.2) is 53.8 Å². The lowest BCUT2D eigenvalue weighted by atomic mass is 10.0. The van der Waals surface area contributed by atoms with Gasteiger partial charge in [-0.25, -0.2) is 4.99 Å². The van der Waals surface area contributed by atoms with Crippen LogP contribution in [0.3, 0.4) is 0 Å². The third-order valence-corrected chi connectivity index (χ3v) is 4.85. The van der Waals surface area contributed by atoms with Crippen LogP contribution in [-0.2, 0) is 24.8 Å². The molecular weight excluding hydrogens is 368 g/mol. The predicted octanol–water partition coefficient (Wildman–Crippen LogP) is 3.26. The van der Waals surface area contributed by atoms with Crippen LogP contribution in [0.2, 0.25) is 0 Å². The van der Waals surface area contributed by atoms with Gasteiger partial charge in [-0.1, -0.05) is 12.1 Å². The van der Waals surface area contributed by atoms with E-state index in [0.717, 1.165) is 33.7 Å². The number of hydrogen-bond acceptors (Lipinski definition) is 5. The highest BCUT2D eigenvalue weighted by atomic mass is 16.5. The first-order valence-corrected chi connectivity index (χ1v) is 9.24. The number of aromatic nitrogens is 2. The highest BCUT2D eigenvalue weighted by Crippen LogP contribution is 2.41. The highest BCUT2D eigenvalue weighted by molar-refractivity contribution is 6.10. The summed E-state index contributed by atoms with van der Waals surface area (Å²) in [7, 11) is 5.15. The van der Waals surface area contributed by atoms with Gasteiger partial charge in [0.15, 0.2) is 0 Å². The Morgan fingerprint density at radius 2 is 1.97 bits per heavy atom. The molecule has 1 aromatic heterocycles. The Morgan fingerprint density at radius 3 is 2.62 bits per heavy atom. The van der Waals surface area contributed by atoms with Crippen LogP contribution in [0.4, 0.5) is 5.69 Å². The number of carbonyl (C=O) groups excluding carboxylic acids is 1. The quantitative estimate of drug-likeness (QED) is 0.725. The summed E-state index contributed by atoms with van der Waals surface area (Å²) in [5, 5.41) is 7.18. The van der Waals surface area contributed by atoms with Crippen molar-refractivity contribution in [3.05, 3.63) is 65.5 Å². The van der Waals surface area contributed by atoms with E-state index in [-0.39, 0.29) is 5.91 Å². The first kappa shape index (κ1) is 18.9. The molecule has 0 spiro atoms. The number of ether oxygens (including phenoxy) is 2. The van der Waals surface area contributed by atoms with Gasteiger partial charge in [-0.2, -0.15) is 5.10 Å². The maximum atomic E-state index is 12.7. The molecule has 0 fully saturated rings. The molecule has 1 aliphatic heterocycles. The zero-order chi connectivity index (χ0) is 20.4. The van der Waals surface area contributed by atoms with Crippen LogP contribution in [0, 0.1) is 0 Å². The SMILES string of the molecule is COCc1ccc(C(=O)NC2=Nc3c(-c4cnn(C)c4)ccc(OC)c3C2)cc1. The molecule has 7 heteroatoms. The number of methoxy groups -OCH3 is 2. The second-order valence-corrected chi connectivity index (χ2v) is 6.86. The number of nitrogens with one attached hydrogen (secondary N) is 1. The van der Waals surface area contributed by atoms with E-state index in [1.54, 1.807) is 37.2 Å². The van der Waals surface area contributed by atoms with Crippen molar-refractivity contribution in [3.8, 4) is 16.9 Å². The van der Waals surface area contributed by atoms with Crippen LogP contribution in [0.1, 0.15) is 21.5 Å². The summed E-state index contributed by atoms with van der Waals surface area (Å²) >= 11 is 0. The molecule has 0 saturated carbocycles. The molecule has 3 aromatic rings. The van der Waals surface area contributed by atoms with E-state index in [4.69, 9.17) is 14.5 Å². The van der Waals surface area contributed by atoms with Crippen LogP contribution in [0.5, 0.6) is 5.75 Å². The average molecular weight is 390 g/mol. The lowest BCUT2D eigenvalue weighted by Gasteiger charge is -2.09. The van der Waals surface area contributed by atoms with Crippen molar-refractivity contribution >= 4 is 17.4 Å². The third-order valence-electron chi connectivity index (χ3n) is 4.85. The van der Waals surface area contributed by atoms with Crippen LogP contribution in [-0.4, -0.2) is 35.7 Å². The van der Waals surface area contributed by atoms with Gasteiger partial charge < -0.3 is 14.8 Å². The summed E-state index contributed by atoms with van der Waals surface area (Å²) in [6, 6.07) is 11.2.